The molecule has 2 saturated heterocycles. The number of carbonyl (C=O) groups excluding carboxylic acids is 1. The van der Waals surface area contributed by atoms with Crippen LogP contribution in [0.1, 0.15) is 52.9 Å². The maximum absolute atomic E-state index is 13.3. The highest BCUT2D eigenvalue weighted by Crippen LogP contribution is 2.31. The van der Waals surface area contributed by atoms with Gasteiger partial charge in [0.2, 0.25) is 5.91 Å². The molecule has 2 heterocycles. The lowest BCUT2D eigenvalue weighted by molar-refractivity contribution is -0.208. The van der Waals surface area contributed by atoms with Crippen molar-refractivity contribution in [2.75, 3.05) is 25.9 Å². The Morgan fingerprint density at radius 3 is 2.52 bits per heavy atom. The zero-order chi connectivity index (χ0) is 23.1. The van der Waals surface area contributed by atoms with E-state index in [0.717, 1.165) is 19.4 Å². The molecule has 0 saturated carbocycles. The number of likely N-dealkylation sites (tertiary alicyclic amines) is 1. The first kappa shape index (κ1) is 26.8. The second-order valence-corrected chi connectivity index (χ2v) is 10.3. The molecule has 2 aliphatic rings. The first-order valence-corrected chi connectivity index (χ1v) is 13.0. The Kier molecular flexibility index (Phi) is 11.0. The van der Waals surface area contributed by atoms with Crippen LogP contribution in [0.15, 0.2) is 0 Å². The minimum absolute atomic E-state index is 0.0294. The van der Waals surface area contributed by atoms with Crippen LogP contribution in [-0.4, -0.2) is 94.0 Å². The molecule has 2 rings (SSSR count). The van der Waals surface area contributed by atoms with Crippen molar-refractivity contribution >= 4 is 17.7 Å². The summed E-state index contributed by atoms with van der Waals surface area (Å²) >= 11 is 1.28. The fourth-order valence-corrected chi connectivity index (χ4v) is 5.51. The van der Waals surface area contributed by atoms with E-state index in [0.29, 0.717) is 19.0 Å². The minimum Gasteiger partial charge on any atom is -0.388 e. The number of aliphatic hydroxyl groups excluding tert-OH is 3. The van der Waals surface area contributed by atoms with Gasteiger partial charge in [-0.2, -0.15) is 0 Å². The average molecular weight is 462 g/mol. The van der Waals surface area contributed by atoms with Gasteiger partial charge in [0.25, 0.3) is 0 Å². The van der Waals surface area contributed by atoms with Crippen LogP contribution in [0.2, 0.25) is 0 Å². The van der Waals surface area contributed by atoms with E-state index in [4.69, 9.17) is 10.5 Å². The number of hydrogen-bond donors (Lipinski definition) is 5. The van der Waals surface area contributed by atoms with Crippen molar-refractivity contribution in [1.29, 1.82) is 0 Å². The quantitative estimate of drug-likeness (QED) is 0.282. The summed E-state index contributed by atoms with van der Waals surface area (Å²) in [6.45, 7) is 8.16. The van der Waals surface area contributed by atoms with Gasteiger partial charge in [0.15, 0.2) is 0 Å². The Morgan fingerprint density at radius 1 is 1.23 bits per heavy atom. The number of unbranched alkanes of at least 4 members (excludes halogenated alkanes) is 2. The lowest BCUT2D eigenvalue weighted by Gasteiger charge is -2.44. The Balaban J connectivity index is 2.09. The highest BCUT2D eigenvalue weighted by Gasteiger charge is 2.48. The van der Waals surface area contributed by atoms with E-state index in [1.54, 1.807) is 6.26 Å². The van der Waals surface area contributed by atoms with E-state index in [1.807, 2.05) is 13.8 Å². The number of hydrogen-bond acceptors (Lipinski definition) is 8. The van der Waals surface area contributed by atoms with Crippen molar-refractivity contribution in [3.05, 3.63) is 0 Å². The van der Waals surface area contributed by atoms with E-state index < -0.39 is 35.9 Å². The molecule has 0 spiro atoms. The smallest absolute Gasteiger partial charge is 0.237 e. The lowest BCUT2D eigenvalue weighted by atomic mass is 9.88. The molecule has 0 aromatic heterocycles. The van der Waals surface area contributed by atoms with Crippen molar-refractivity contribution in [3.8, 4) is 0 Å². The fourth-order valence-electron chi connectivity index (χ4n) is 4.83. The molecule has 31 heavy (non-hydrogen) atoms. The molecule has 8 atom stereocenters. The zero-order valence-electron chi connectivity index (χ0n) is 19.4. The van der Waals surface area contributed by atoms with Crippen LogP contribution < -0.4 is 11.1 Å². The van der Waals surface area contributed by atoms with Gasteiger partial charge in [0, 0.05) is 19.6 Å². The van der Waals surface area contributed by atoms with Crippen molar-refractivity contribution < 1.29 is 24.9 Å². The van der Waals surface area contributed by atoms with Crippen LogP contribution >= 0.6 is 11.8 Å². The van der Waals surface area contributed by atoms with Crippen LogP contribution in [0.3, 0.4) is 0 Å². The summed E-state index contributed by atoms with van der Waals surface area (Å²) in [5, 5.41) is 34.2. The third-order valence-electron chi connectivity index (χ3n) is 6.64. The summed E-state index contributed by atoms with van der Waals surface area (Å²) in [4.78, 5) is 15.5. The highest BCUT2D eigenvalue weighted by atomic mass is 32.2. The van der Waals surface area contributed by atoms with Crippen LogP contribution in [-0.2, 0) is 9.53 Å². The normalized spacial score (nSPS) is 35.5. The molecule has 1 amide bonds. The monoisotopic (exact) mass is 461 g/mol. The molecule has 6 N–H and O–H groups in total. The average Bonchev–Trinajstić information content (AvgIpc) is 3.14. The SMILES string of the molecule is CCCCCC1CC(C(=O)NC(C(C)C)C2OC(SC)C(O)C(O)C2O)N(CCN)C1. The van der Waals surface area contributed by atoms with Gasteiger partial charge in [-0.05, 0) is 30.9 Å². The fraction of sp³-hybridized carbons (Fsp3) is 0.955. The van der Waals surface area contributed by atoms with Gasteiger partial charge in [-0.15, -0.1) is 11.8 Å². The van der Waals surface area contributed by atoms with Gasteiger partial charge in [-0.25, -0.2) is 0 Å². The lowest BCUT2D eigenvalue weighted by Crippen LogP contribution is -2.64. The summed E-state index contributed by atoms with van der Waals surface area (Å²) < 4.78 is 5.93. The maximum atomic E-state index is 13.3. The number of nitrogens with zero attached hydrogens (tertiary/aromatic N) is 1. The Hall–Kier alpha value is -0.420. The molecule has 8 unspecified atom stereocenters. The summed E-state index contributed by atoms with van der Waals surface area (Å²) in [6.07, 6.45) is 2.70. The molecule has 9 heteroatoms. The van der Waals surface area contributed by atoms with E-state index in [9.17, 15) is 20.1 Å². The van der Waals surface area contributed by atoms with Gasteiger partial charge in [0.1, 0.15) is 29.9 Å². The zero-order valence-corrected chi connectivity index (χ0v) is 20.3. The molecular weight excluding hydrogens is 418 g/mol. The minimum atomic E-state index is -1.32. The summed E-state index contributed by atoms with van der Waals surface area (Å²) in [7, 11) is 0. The van der Waals surface area contributed by atoms with Crippen molar-refractivity contribution in [3.63, 3.8) is 0 Å². The molecule has 0 aromatic carbocycles. The Bertz CT molecular complexity index is 553. The van der Waals surface area contributed by atoms with E-state index in [1.165, 1.54) is 31.0 Å². The third kappa shape index (κ3) is 6.79. The predicted octanol–water partition coefficient (Wildman–Crippen LogP) is 0.527. The molecule has 2 fully saturated rings. The highest BCUT2D eigenvalue weighted by molar-refractivity contribution is 7.99. The van der Waals surface area contributed by atoms with Gasteiger partial charge in [-0.3, -0.25) is 9.69 Å². The molecule has 182 valence electrons. The Labute approximate surface area is 191 Å². The predicted molar refractivity (Wildman–Crippen MR) is 124 cm³/mol. The summed E-state index contributed by atoms with van der Waals surface area (Å²) in [5.41, 5.74) is 5.14. The van der Waals surface area contributed by atoms with E-state index >= 15 is 0 Å². The number of amides is 1. The van der Waals surface area contributed by atoms with Crippen LogP contribution in [0.5, 0.6) is 0 Å². The van der Waals surface area contributed by atoms with Gasteiger partial charge in [0.05, 0.1) is 12.1 Å². The number of aliphatic hydroxyl groups is 3. The van der Waals surface area contributed by atoms with Crippen molar-refractivity contribution in [2.24, 2.45) is 17.6 Å². The van der Waals surface area contributed by atoms with Crippen LogP contribution in [0.4, 0.5) is 0 Å². The first-order chi connectivity index (χ1) is 14.7. The molecule has 8 nitrogen and oxygen atoms in total. The molecule has 0 radical (unpaired) electrons. The van der Waals surface area contributed by atoms with Crippen LogP contribution in [0, 0.1) is 11.8 Å². The second-order valence-electron chi connectivity index (χ2n) is 9.35. The standard InChI is InChI=1S/C22H43N3O5S/c1-5-6-7-8-14-11-15(25(12-14)10-9-23)21(29)24-16(13(2)3)20-18(27)17(26)19(28)22(30-20)31-4/h13-20,22,26-28H,5-12,23H2,1-4H3,(H,24,29). The van der Waals surface area contributed by atoms with E-state index in [-0.39, 0.29) is 17.9 Å². The third-order valence-corrected chi connectivity index (χ3v) is 7.50. The van der Waals surface area contributed by atoms with E-state index in [2.05, 4.69) is 17.1 Å². The summed E-state index contributed by atoms with van der Waals surface area (Å²) in [5.74, 6) is 0.376. The second kappa shape index (κ2) is 12.7. The number of thioether (sulfide) groups is 1. The number of carbonyl (C=O) groups is 1. The Morgan fingerprint density at radius 2 is 1.94 bits per heavy atom. The van der Waals surface area contributed by atoms with Crippen molar-refractivity contribution in [2.45, 2.75) is 94.8 Å². The topological polar surface area (TPSA) is 128 Å². The maximum Gasteiger partial charge on any atom is 0.237 e. The molecule has 0 aliphatic carbocycles. The number of ether oxygens (including phenoxy) is 1. The molecule has 2 aliphatic heterocycles. The largest absolute Gasteiger partial charge is 0.388 e. The molecule has 0 aromatic rings. The van der Waals surface area contributed by atoms with Crippen LogP contribution in [0.25, 0.3) is 0 Å². The molecular formula is C22H43N3O5S. The van der Waals surface area contributed by atoms with Gasteiger partial charge < -0.3 is 31.1 Å². The molecule has 0 bridgehead atoms. The number of nitrogens with one attached hydrogen (secondary N) is 1. The summed E-state index contributed by atoms with van der Waals surface area (Å²) in [6, 6.07) is -0.734. The first-order valence-electron chi connectivity index (χ1n) is 11.7. The van der Waals surface area contributed by atoms with Gasteiger partial charge >= 0.3 is 0 Å². The number of rotatable bonds is 11. The van der Waals surface area contributed by atoms with Crippen molar-refractivity contribution in [1.82, 2.24) is 10.2 Å². The number of nitrogens with two attached hydrogens (primary N) is 1. The van der Waals surface area contributed by atoms with Gasteiger partial charge in [-0.1, -0.05) is 40.0 Å².